The van der Waals surface area contributed by atoms with Gasteiger partial charge in [0.05, 0.1) is 7.11 Å². The number of ether oxygens (including phenoxy) is 1. The van der Waals surface area contributed by atoms with E-state index in [9.17, 15) is 0 Å². The molecule has 0 amide bonds. The van der Waals surface area contributed by atoms with Crippen LogP contribution >= 0.6 is 15.9 Å². The zero-order chi connectivity index (χ0) is 16.2. The lowest BCUT2D eigenvalue weighted by Gasteiger charge is -2.12. The van der Waals surface area contributed by atoms with Gasteiger partial charge in [-0.25, -0.2) is 0 Å². The summed E-state index contributed by atoms with van der Waals surface area (Å²) in [5.74, 6) is 0.887. The van der Waals surface area contributed by atoms with Gasteiger partial charge in [-0.3, -0.25) is 0 Å². The van der Waals surface area contributed by atoms with Gasteiger partial charge in [-0.1, -0.05) is 28.1 Å². The first-order valence-electron chi connectivity index (χ1n) is 7.72. The minimum atomic E-state index is 0.887. The predicted molar refractivity (Wildman–Crippen MR) is 99.0 cm³/mol. The van der Waals surface area contributed by atoms with Gasteiger partial charge in [-0.05, 0) is 73.0 Å². The fraction of sp³-hybridized carbons (Fsp3) is 0.200. The lowest BCUT2D eigenvalue weighted by atomic mass is 10.1. The summed E-state index contributed by atoms with van der Waals surface area (Å²) in [6, 6.07) is 21.2. The molecule has 118 valence electrons. The number of hydrogen-bond donors (Lipinski definition) is 0. The van der Waals surface area contributed by atoms with Gasteiger partial charge in [0, 0.05) is 22.4 Å². The van der Waals surface area contributed by atoms with E-state index in [0.717, 1.165) is 23.2 Å². The Balaban J connectivity index is 1.81. The van der Waals surface area contributed by atoms with Crippen LogP contribution in [-0.4, -0.2) is 11.7 Å². The molecule has 3 rings (SSSR count). The topological polar surface area (TPSA) is 14.2 Å². The number of halogens is 1. The fourth-order valence-electron chi connectivity index (χ4n) is 2.77. The molecule has 0 aliphatic heterocycles. The summed E-state index contributed by atoms with van der Waals surface area (Å²) in [7, 11) is 1.69. The second-order valence-electron chi connectivity index (χ2n) is 5.62. The van der Waals surface area contributed by atoms with Gasteiger partial charge >= 0.3 is 0 Å². The van der Waals surface area contributed by atoms with Crippen LogP contribution in [0.15, 0.2) is 65.1 Å². The second kappa shape index (κ2) is 7.05. The summed E-state index contributed by atoms with van der Waals surface area (Å²) < 4.78 is 8.75. The van der Waals surface area contributed by atoms with Crippen molar-refractivity contribution in [3.05, 3.63) is 76.4 Å². The summed E-state index contributed by atoms with van der Waals surface area (Å²) in [6.45, 7) is 3.14. The van der Waals surface area contributed by atoms with Gasteiger partial charge < -0.3 is 9.30 Å². The summed E-state index contributed by atoms with van der Waals surface area (Å²) in [5, 5.41) is 0. The zero-order valence-corrected chi connectivity index (χ0v) is 15.0. The molecule has 0 aliphatic carbocycles. The molecule has 0 saturated carbocycles. The third-order valence-electron chi connectivity index (χ3n) is 4.12. The number of nitrogens with zero attached hydrogens (tertiary/aromatic N) is 1. The van der Waals surface area contributed by atoms with Crippen molar-refractivity contribution in [1.82, 2.24) is 4.57 Å². The predicted octanol–water partition coefficient (Wildman–Crippen LogP) is 5.48. The number of aromatic nitrogens is 1. The van der Waals surface area contributed by atoms with Crippen LogP contribution in [-0.2, 0) is 13.0 Å². The number of hydrogen-bond acceptors (Lipinski definition) is 1. The van der Waals surface area contributed by atoms with Crippen molar-refractivity contribution < 1.29 is 4.74 Å². The fourth-order valence-corrected chi connectivity index (χ4v) is 3.04. The minimum Gasteiger partial charge on any atom is -0.497 e. The number of aryl methyl sites for hydroxylation is 2. The SMILES string of the molecule is COc1ccc(-c2ccc(C)n2CCc2ccc(Br)cc2)cc1. The van der Waals surface area contributed by atoms with Crippen LogP contribution in [0.5, 0.6) is 5.75 Å². The average Bonchev–Trinajstić information content (AvgIpc) is 2.95. The van der Waals surface area contributed by atoms with Crippen molar-refractivity contribution in [2.45, 2.75) is 19.9 Å². The normalized spacial score (nSPS) is 10.7. The van der Waals surface area contributed by atoms with E-state index in [0.29, 0.717) is 0 Å². The average molecular weight is 370 g/mol. The largest absolute Gasteiger partial charge is 0.497 e. The van der Waals surface area contributed by atoms with Gasteiger partial charge in [0.25, 0.3) is 0 Å². The highest BCUT2D eigenvalue weighted by atomic mass is 79.9. The van der Waals surface area contributed by atoms with Crippen LogP contribution in [0.1, 0.15) is 11.3 Å². The number of benzene rings is 2. The van der Waals surface area contributed by atoms with E-state index >= 15 is 0 Å². The van der Waals surface area contributed by atoms with Crippen molar-refractivity contribution in [3.8, 4) is 17.0 Å². The Morgan fingerprint density at radius 3 is 2.26 bits per heavy atom. The first kappa shape index (κ1) is 15.9. The smallest absolute Gasteiger partial charge is 0.118 e. The molecule has 3 heteroatoms. The van der Waals surface area contributed by atoms with Crippen LogP contribution < -0.4 is 4.74 Å². The first-order chi connectivity index (χ1) is 11.2. The Kier molecular flexibility index (Phi) is 4.87. The molecule has 1 heterocycles. The molecule has 2 nitrogen and oxygen atoms in total. The van der Waals surface area contributed by atoms with Crippen LogP contribution in [0.4, 0.5) is 0 Å². The molecule has 0 unspecified atom stereocenters. The number of methoxy groups -OCH3 is 1. The van der Waals surface area contributed by atoms with E-state index in [1.807, 2.05) is 12.1 Å². The zero-order valence-electron chi connectivity index (χ0n) is 13.4. The van der Waals surface area contributed by atoms with E-state index in [-0.39, 0.29) is 0 Å². The Bertz CT molecular complexity index is 772. The standard InChI is InChI=1S/C20H20BrNO/c1-15-3-12-20(17-6-10-19(23-2)11-7-17)22(15)14-13-16-4-8-18(21)9-5-16/h3-12H,13-14H2,1-2H3. The van der Waals surface area contributed by atoms with E-state index in [1.54, 1.807) is 7.11 Å². The number of rotatable bonds is 5. The van der Waals surface area contributed by atoms with Crippen molar-refractivity contribution in [1.29, 1.82) is 0 Å². The maximum absolute atomic E-state index is 5.24. The lowest BCUT2D eigenvalue weighted by Crippen LogP contribution is -2.05. The molecule has 2 aromatic carbocycles. The van der Waals surface area contributed by atoms with E-state index in [2.05, 4.69) is 76.0 Å². The van der Waals surface area contributed by atoms with Crippen LogP contribution in [0.3, 0.4) is 0 Å². The molecule has 3 aromatic rings. The second-order valence-corrected chi connectivity index (χ2v) is 6.53. The molecule has 0 radical (unpaired) electrons. The van der Waals surface area contributed by atoms with Crippen LogP contribution in [0.2, 0.25) is 0 Å². The van der Waals surface area contributed by atoms with E-state index in [1.165, 1.54) is 22.5 Å². The molecule has 0 fully saturated rings. The van der Waals surface area contributed by atoms with E-state index in [4.69, 9.17) is 4.74 Å². The minimum absolute atomic E-state index is 0.887. The molecule has 1 aromatic heterocycles. The molecule has 0 spiro atoms. The van der Waals surface area contributed by atoms with Crippen molar-refractivity contribution in [3.63, 3.8) is 0 Å². The maximum atomic E-state index is 5.24. The summed E-state index contributed by atoms with van der Waals surface area (Å²) in [6.07, 6.45) is 1.02. The third-order valence-corrected chi connectivity index (χ3v) is 4.65. The Morgan fingerprint density at radius 1 is 0.913 bits per heavy atom. The Hall–Kier alpha value is -2.00. The van der Waals surface area contributed by atoms with Crippen LogP contribution in [0, 0.1) is 6.92 Å². The summed E-state index contributed by atoms with van der Waals surface area (Å²) in [4.78, 5) is 0. The molecular weight excluding hydrogens is 350 g/mol. The van der Waals surface area contributed by atoms with Gasteiger partial charge in [0.15, 0.2) is 0 Å². The monoisotopic (exact) mass is 369 g/mol. The summed E-state index contributed by atoms with van der Waals surface area (Å²) >= 11 is 3.49. The van der Waals surface area contributed by atoms with Gasteiger partial charge in [-0.15, -0.1) is 0 Å². The Labute approximate surface area is 145 Å². The lowest BCUT2D eigenvalue weighted by molar-refractivity contribution is 0.415. The first-order valence-corrected chi connectivity index (χ1v) is 8.51. The third kappa shape index (κ3) is 3.67. The van der Waals surface area contributed by atoms with E-state index < -0.39 is 0 Å². The molecule has 0 N–H and O–H groups in total. The molecular formula is C20H20BrNO. The Morgan fingerprint density at radius 2 is 1.61 bits per heavy atom. The molecule has 23 heavy (non-hydrogen) atoms. The highest BCUT2D eigenvalue weighted by Gasteiger charge is 2.08. The van der Waals surface area contributed by atoms with Gasteiger partial charge in [0.1, 0.15) is 5.75 Å². The molecule has 0 aliphatic rings. The highest BCUT2D eigenvalue weighted by molar-refractivity contribution is 9.10. The maximum Gasteiger partial charge on any atom is 0.118 e. The highest BCUT2D eigenvalue weighted by Crippen LogP contribution is 2.25. The van der Waals surface area contributed by atoms with Gasteiger partial charge in [0.2, 0.25) is 0 Å². The molecule has 0 bridgehead atoms. The quantitative estimate of drug-likeness (QED) is 0.580. The van der Waals surface area contributed by atoms with Crippen molar-refractivity contribution >= 4 is 15.9 Å². The summed E-state index contributed by atoms with van der Waals surface area (Å²) in [5.41, 5.74) is 5.10. The van der Waals surface area contributed by atoms with Crippen LogP contribution in [0.25, 0.3) is 11.3 Å². The van der Waals surface area contributed by atoms with Crippen molar-refractivity contribution in [2.24, 2.45) is 0 Å². The molecule has 0 saturated heterocycles. The van der Waals surface area contributed by atoms with Gasteiger partial charge in [-0.2, -0.15) is 0 Å². The molecule has 0 atom stereocenters. The van der Waals surface area contributed by atoms with Crippen molar-refractivity contribution in [2.75, 3.05) is 7.11 Å².